The van der Waals surface area contributed by atoms with E-state index < -0.39 is 32.7 Å². The van der Waals surface area contributed by atoms with E-state index in [0.29, 0.717) is 6.07 Å². The number of alkyl halides is 3. The lowest BCUT2D eigenvalue weighted by atomic mass is 10.1. The van der Waals surface area contributed by atoms with Gasteiger partial charge in [0.05, 0.1) is 27.4 Å². The number of sulfonamides is 1. The predicted octanol–water partition coefficient (Wildman–Crippen LogP) is 4.64. The second-order valence-electron chi connectivity index (χ2n) is 5.22. The topological polar surface area (TPSA) is 75.3 Å². The molecule has 0 saturated carbocycles. The quantitative estimate of drug-likeness (QED) is 0.747. The number of amides is 1. The molecule has 26 heavy (non-hydrogen) atoms. The number of halogens is 5. The molecule has 0 unspecified atom stereocenters. The predicted molar refractivity (Wildman–Crippen MR) is 94.3 cm³/mol. The van der Waals surface area contributed by atoms with Gasteiger partial charge in [-0.25, -0.2) is 8.42 Å². The Balaban J connectivity index is 2.32. The molecule has 11 heteroatoms. The fourth-order valence-corrected chi connectivity index (χ4v) is 2.98. The molecule has 2 aromatic carbocycles. The van der Waals surface area contributed by atoms with Crippen molar-refractivity contribution in [3.8, 4) is 0 Å². The minimum absolute atomic E-state index is 0.00782. The lowest BCUT2D eigenvalue weighted by Gasteiger charge is -2.13. The van der Waals surface area contributed by atoms with E-state index in [-0.39, 0.29) is 22.0 Å². The molecule has 0 aromatic heterocycles. The molecule has 0 aliphatic heterocycles. The second kappa shape index (κ2) is 7.34. The Morgan fingerprint density at radius 2 is 1.58 bits per heavy atom. The summed E-state index contributed by atoms with van der Waals surface area (Å²) >= 11 is 11.4. The lowest BCUT2D eigenvalue weighted by Crippen LogP contribution is -2.15. The molecule has 0 heterocycles. The van der Waals surface area contributed by atoms with E-state index in [1.807, 2.05) is 0 Å². The summed E-state index contributed by atoms with van der Waals surface area (Å²) in [6, 6.07) is 6.68. The van der Waals surface area contributed by atoms with Crippen molar-refractivity contribution in [2.45, 2.75) is 6.18 Å². The number of benzene rings is 2. The second-order valence-corrected chi connectivity index (χ2v) is 7.78. The monoisotopic (exact) mass is 426 g/mol. The highest BCUT2D eigenvalue weighted by molar-refractivity contribution is 7.92. The number of anilines is 2. The van der Waals surface area contributed by atoms with Crippen LogP contribution in [-0.4, -0.2) is 20.6 Å². The van der Waals surface area contributed by atoms with Crippen molar-refractivity contribution in [2.75, 3.05) is 16.3 Å². The van der Waals surface area contributed by atoms with Gasteiger partial charge in [-0.3, -0.25) is 9.52 Å². The van der Waals surface area contributed by atoms with Crippen LogP contribution >= 0.6 is 23.2 Å². The number of carbonyl (C=O) groups is 1. The zero-order chi connectivity index (χ0) is 19.7. The Labute approximate surface area is 157 Å². The van der Waals surface area contributed by atoms with E-state index in [0.717, 1.165) is 12.3 Å². The fourth-order valence-electron chi connectivity index (χ4n) is 2.00. The first-order valence-corrected chi connectivity index (χ1v) is 9.47. The van der Waals surface area contributed by atoms with Crippen LogP contribution in [0.3, 0.4) is 0 Å². The summed E-state index contributed by atoms with van der Waals surface area (Å²) in [4.78, 5) is 12.3. The van der Waals surface area contributed by atoms with Crippen LogP contribution in [0.2, 0.25) is 10.0 Å². The van der Waals surface area contributed by atoms with Gasteiger partial charge in [-0.05, 0) is 36.4 Å². The van der Waals surface area contributed by atoms with Gasteiger partial charge in [0.15, 0.2) is 0 Å². The van der Waals surface area contributed by atoms with Crippen molar-refractivity contribution in [3.05, 3.63) is 57.6 Å². The van der Waals surface area contributed by atoms with E-state index in [4.69, 9.17) is 23.2 Å². The Morgan fingerprint density at radius 1 is 1.00 bits per heavy atom. The van der Waals surface area contributed by atoms with Gasteiger partial charge in [-0.15, -0.1) is 0 Å². The van der Waals surface area contributed by atoms with Crippen LogP contribution in [-0.2, 0) is 16.2 Å². The van der Waals surface area contributed by atoms with E-state index in [1.165, 1.54) is 24.3 Å². The third kappa shape index (κ3) is 5.26. The first kappa shape index (κ1) is 20.3. The van der Waals surface area contributed by atoms with E-state index in [2.05, 4.69) is 10.0 Å². The first-order valence-electron chi connectivity index (χ1n) is 6.82. The third-order valence-electron chi connectivity index (χ3n) is 3.04. The normalized spacial score (nSPS) is 11.9. The molecule has 0 bridgehead atoms. The number of hydrogen-bond donors (Lipinski definition) is 2. The summed E-state index contributed by atoms with van der Waals surface area (Å²) in [5.41, 5.74) is -1.29. The highest BCUT2D eigenvalue weighted by atomic mass is 35.5. The zero-order valence-electron chi connectivity index (χ0n) is 13.0. The van der Waals surface area contributed by atoms with Gasteiger partial charge in [-0.2, -0.15) is 13.2 Å². The molecule has 0 saturated heterocycles. The molecular formula is C15H11Cl2F3N2O3S. The Kier molecular flexibility index (Phi) is 5.74. The van der Waals surface area contributed by atoms with Crippen molar-refractivity contribution in [2.24, 2.45) is 0 Å². The summed E-state index contributed by atoms with van der Waals surface area (Å²) in [6.07, 6.45) is -3.76. The van der Waals surface area contributed by atoms with Gasteiger partial charge in [0.2, 0.25) is 10.0 Å². The summed E-state index contributed by atoms with van der Waals surface area (Å²) in [6.45, 7) is 0. The molecule has 0 spiro atoms. The molecule has 140 valence electrons. The first-order chi connectivity index (χ1) is 11.9. The van der Waals surface area contributed by atoms with E-state index in [9.17, 15) is 26.4 Å². The molecule has 5 nitrogen and oxygen atoms in total. The van der Waals surface area contributed by atoms with Gasteiger partial charge in [0.1, 0.15) is 0 Å². The van der Waals surface area contributed by atoms with Crippen LogP contribution in [0.1, 0.15) is 15.9 Å². The van der Waals surface area contributed by atoms with Gasteiger partial charge < -0.3 is 5.32 Å². The molecule has 0 atom stereocenters. The minimum atomic E-state index is -4.69. The maximum Gasteiger partial charge on any atom is 0.417 e. The summed E-state index contributed by atoms with van der Waals surface area (Å²) in [5.74, 6) is -0.817. The lowest BCUT2D eigenvalue weighted by molar-refractivity contribution is -0.137. The maximum absolute atomic E-state index is 12.9. The molecule has 0 fully saturated rings. The van der Waals surface area contributed by atoms with Gasteiger partial charge in [0, 0.05) is 11.4 Å². The van der Waals surface area contributed by atoms with Crippen molar-refractivity contribution < 1.29 is 26.4 Å². The molecular weight excluding hydrogens is 416 g/mol. The summed E-state index contributed by atoms with van der Waals surface area (Å²) in [5, 5.41) is 1.76. The van der Waals surface area contributed by atoms with Crippen LogP contribution in [0.4, 0.5) is 24.5 Å². The molecule has 2 N–H and O–H groups in total. The average Bonchev–Trinajstić information content (AvgIpc) is 2.48. The van der Waals surface area contributed by atoms with Gasteiger partial charge >= 0.3 is 6.18 Å². The Morgan fingerprint density at radius 3 is 2.15 bits per heavy atom. The van der Waals surface area contributed by atoms with Crippen molar-refractivity contribution >= 4 is 50.5 Å². The molecule has 0 aliphatic carbocycles. The van der Waals surface area contributed by atoms with E-state index >= 15 is 0 Å². The molecule has 0 aliphatic rings. The van der Waals surface area contributed by atoms with Crippen LogP contribution in [0, 0.1) is 0 Å². The third-order valence-corrected chi connectivity index (χ3v) is 4.31. The fraction of sp³-hybridized carbons (Fsp3) is 0.133. The minimum Gasteiger partial charge on any atom is -0.322 e. The summed E-state index contributed by atoms with van der Waals surface area (Å²) < 4.78 is 63.3. The SMILES string of the molecule is CS(=O)(=O)Nc1ccc(Cl)c(C(=O)Nc2ccc(Cl)c(C(F)(F)F)c2)c1. The van der Waals surface area contributed by atoms with Crippen LogP contribution < -0.4 is 10.0 Å². The molecule has 2 aromatic rings. The Bertz CT molecular complexity index is 963. The van der Waals surface area contributed by atoms with Crippen molar-refractivity contribution in [1.82, 2.24) is 0 Å². The van der Waals surface area contributed by atoms with Gasteiger partial charge in [0.25, 0.3) is 5.91 Å². The number of hydrogen-bond acceptors (Lipinski definition) is 3. The van der Waals surface area contributed by atoms with Crippen LogP contribution in [0.25, 0.3) is 0 Å². The largest absolute Gasteiger partial charge is 0.417 e. The summed E-state index contributed by atoms with van der Waals surface area (Å²) in [7, 11) is -3.58. The molecule has 2 rings (SSSR count). The highest BCUT2D eigenvalue weighted by Crippen LogP contribution is 2.36. The van der Waals surface area contributed by atoms with E-state index in [1.54, 1.807) is 0 Å². The molecule has 1 amide bonds. The van der Waals surface area contributed by atoms with Crippen LogP contribution in [0.5, 0.6) is 0 Å². The number of rotatable bonds is 4. The van der Waals surface area contributed by atoms with Gasteiger partial charge in [-0.1, -0.05) is 23.2 Å². The molecule has 0 radical (unpaired) electrons. The van der Waals surface area contributed by atoms with Crippen LogP contribution in [0.15, 0.2) is 36.4 Å². The van der Waals surface area contributed by atoms with Crippen molar-refractivity contribution in [1.29, 1.82) is 0 Å². The standard InChI is InChI=1S/C15H11Cl2F3N2O3S/c1-26(24,25)22-9-3-4-12(16)10(6-9)14(23)21-8-2-5-13(17)11(7-8)15(18,19)20/h2-7,22H,1H3,(H,21,23). The average molecular weight is 427 g/mol. The maximum atomic E-state index is 12.9. The number of carbonyl (C=O) groups excluding carboxylic acids is 1. The van der Waals surface area contributed by atoms with Crippen molar-refractivity contribution in [3.63, 3.8) is 0 Å². The highest BCUT2D eigenvalue weighted by Gasteiger charge is 2.33. The smallest absolute Gasteiger partial charge is 0.322 e. The zero-order valence-corrected chi connectivity index (χ0v) is 15.3. The number of nitrogens with one attached hydrogen (secondary N) is 2. The Hall–Kier alpha value is -1.97.